The Bertz CT molecular complexity index is 585. The second kappa shape index (κ2) is 5.58. The van der Waals surface area contributed by atoms with Crippen LogP contribution in [0.5, 0.6) is 11.5 Å². The van der Waals surface area contributed by atoms with E-state index in [2.05, 4.69) is 19.3 Å². The fraction of sp³-hybridized carbons (Fsp3) is 0.625. The first-order valence-corrected chi connectivity index (χ1v) is 8.02. The summed E-state index contributed by atoms with van der Waals surface area (Å²) in [7, 11) is 0. The highest BCUT2D eigenvalue weighted by molar-refractivity contribution is 5.45. The maximum Gasteiger partial charge on any atom is 0.586 e. The van der Waals surface area contributed by atoms with Crippen molar-refractivity contribution in [2.24, 2.45) is 0 Å². The number of hydrogen-bond acceptors (Lipinski definition) is 5. The lowest BCUT2D eigenvalue weighted by molar-refractivity contribution is -0.286. The molecule has 0 aromatic heterocycles. The topological polar surface area (TPSA) is 45.2 Å². The molecule has 5 nitrogen and oxygen atoms in total. The van der Waals surface area contributed by atoms with Crippen LogP contribution in [0, 0.1) is 0 Å². The smallest absolute Gasteiger partial charge is 0.395 e. The van der Waals surface area contributed by atoms with E-state index in [0.717, 1.165) is 51.1 Å². The van der Waals surface area contributed by atoms with Crippen molar-refractivity contribution in [3.8, 4) is 11.5 Å². The lowest BCUT2D eigenvalue weighted by Crippen LogP contribution is -2.57. The minimum Gasteiger partial charge on any atom is -0.395 e. The molecule has 1 aromatic rings. The van der Waals surface area contributed by atoms with Crippen LogP contribution in [0.4, 0.5) is 8.78 Å². The van der Waals surface area contributed by atoms with Crippen molar-refractivity contribution in [3.05, 3.63) is 23.8 Å². The minimum absolute atomic E-state index is 0.0915. The van der Waals surface area contributed by atoms with Gasteiger partial charge in [0.1, 0.15) is 0 Å². The Morgan fingerprint density at radius 1 is 1.13 bits per heavy atom. The second-order valence-electron chi connectivity index (χ2n) is 6.56. The fourth-order valence-electron chi connectivity index (χ4n) is 3.58. The number of halogens is 2. The van der Waals surface area contributed by atoms with Gasteiger partial charge in [0.2, 0.25) is 0 Å². The van der Waals surface area contributed by atoms with Crippen LogP contribution in [0.15, 0.2) is 18.2 Å². The Kier molecular flexibility index (Phi) is 3.66. The summed E-state index contributed by atoms with van der Waals surface area (Å²) in [6, 6.07) is 5.54. The Morgan fingerprint density at radius 2 is 1.83 bits per heavy atom. The first-order valence-electron chi connectivity index (χ1n) is 8.02. The number of β-amino-alcohol motifs (C(OH)–C–C–N with tert-alkyl or cyclic N) is 1. The molecule has 0 aliphatic carbocycles. The zero-order chi connectivity index (χ0) is 16.0. The van der Waals surface area contributed by atoms with E-state index in [1.807, 2.05) is 6.07 Å². The predicted octanol–water partition coefficient (Wildman–Crippen LogP) is 1.65. The lowest BCUT2D eigenvalue weighted by Gasteiger charge is -2.45. The number of hydrogen-bond donors (Lipinski definition) is 1. The van der Waals surface area contributed by atoms with Crippen LogP contribution < -0.4 is 9.47 Å². The predicted molar refractivity (Wildman–Crippen MR) is 78.5 cm³/mol. The highest BCUT2D eigenvalue weighted by Crippen LogP contribution is 2.41. The molecule has 0 atom stereocenters. The number of ether oxygens (including phenoxy) is 2. The van der Waals surface area contributed by atoms with Gasteiger partial charge < -0.3 is 14.6 Å². The van der Waals surface area contributed by atoms with Gasteiger partial charge in [-0.25, -0.2) is 0 Å². The van der Waals surface area contributed by atoms with Crippen LogP contribution in [0.1, 0.15) is 18.4 Å². The maximum atomic E-state index is 13.0. The molecule has 3 aliphatic rings. The molecule has 0 unspecified atom stereocenters. The molecule has 3 aliphatic heterocycles. The highest BCUT2D eigenvalue weighted by Gasteiger charge is 2.43. The molecule has 4 rings (SSSR count). The first kappa shape index (κ1) is 15.1. The van der Waals surface area contributed by atoms with Gasteiger partial charge in [-0.15, -0.1) is 8.78 Å². The average Bonchev–Trinajstić information content (AvgIpc) is 2.78. The zero-order valence-electron chi connectivity index (χ0n) is 12.8. The molecule has 0 spiro atoms. The van der Waals surface area contributed by atoms with Crippen LogP contribution in [0.3, 0.4) is 0 Å². The minimum atomic E-state index is -3.55. The summed E-state index contributed by atoms with van der Waals surface area (Å²) in [6.45, 7) is 4.25. The molecule has 2 saturated heterocycles. The van der Waals surface area contributed by atoms with Crippen molar-refractivity contribution in [2.45, 2.75) is 37.8 Å². The summed E-state index contributed by atoms with van der Waals surface area (Å²) in [4.78, 5) is 4.66. The number of rotatable bonds is 3. The summed E-state index contributed by atoms with van der Waals surface area (Å²) in [6.07, 6.45) is -1.55. The summed E-state index contributed by atoms with van der Waals surface area (Å²) in [5.74, 6) is 0.200. The normalized spacial score (nSPS) is 25.5. The second-order valence-corrected chi connectivity index (χ2v) is 6.56. The molecule has 0 bridgehead atoms. The van der Waals surface area contributed by atoms with Crippen LogP contribution in [-0.4, -0.2) is 59.5 Å². The van der Waals surface area contributed by atoms with Gasteiger partial charge in [-0.05, 0) is 43.6 Å². The number of aliphatic hydroxyl groups is 1. The summed E-state index contributed by atoms with van der Waals surface area (Å²) in [5.41, 5.74) is 0.947. The molecule has 0 amide bonds. The molecule has 1 aromatic carbocycles. The van der Waals surface area contributed by atoms with E-state index in [0.29, 0.717) is 6.04 Å². The van der Waals surface area contributed by atoms with Crippen LogP contribution >= 0.6 is 0 Å². The van der Waals surface area contributed by atoms with Gasteiger partial charge in [-0.1, -0.05) is 6.07 Å². The Balaban J connectivity index is 1.32. The number of benzene rings is 1. The van der Waals surface area contributed by atoms with E-state index < -0.39 is 6.29 Å². The number of alkyl halides is 2. The van der Waals surface area contributed by atoms with Crippen LogP contribution in [0.25, 0.3) is 0 Å². The van der Waals surface area contributed by atoms with E-state index in [4.69, 9.17) is 0 Å². The van der Waals surface area contributed by atoms with Crippen LogP contribution in [0.2, 0.25) is 0 Å². The van der Waals surface area contributed by atoms with Crippen molar-refractivity contribution in [1.82, 2.24) is 9.80 Å². The van der Waals surface area contributed by atoms with Crippen molar-refractivity contribution < 1.29 is 23.4 Å². The molecular formula is C16H20F2N2O3. The van der Waals surface area contributed by atoms with Gasteiger partial charge in [-0.3, -0.25) is 9.80 Å². The number of fused-ring (bicyclic) bond motifs is 1. The van der Waals surface area contributed by atoms with Crippen molar-refractivity contribution in [3.63, 3.8) is 0 Å². The Morgan fingerprint density at radius 3 is 2.52 bits per heavy atom. The molecule has 1 N–H and O–H groups in total. The quantitative estimate of drug-likeness (QED) is 0.915. The average molecular weight is 326 g/mol. The largest absolute Gasteiger partial charge is 0.586 e. The van der Waals surface area contributed by atoms with Gasteiger partial charge in [0.05, 0.1) is 6.10 Å². The number of piperidine rings is 1. The van der Waals surface area contributed by atoms with E-state index in [-0.39, 0.29) is 17.6 Å². The standard InChI is InChI=1S/C16H20F2N2O3/c17-16(18)22-14-2-1-11(7-15(14)23-16)8-19-5-3-12(4-6-19)20-9-13(21)10-20/h1-2,7,12-13,21H,3-6,8-10H2. The van der Waals surface area contributed by atoms with Crippen molar-refractivity contribution in [2.75, 3.05) is 26.2 Å². The third kappa shape index (κ3) is 3.13. The van der Waals surface area contributed by atoms with Crippen molar-refractivity contribution >= 4 is 0 Å². The summed E-state index contributed by atoms with van der Waals surface area (Å²) < 4.78 is 35.0. The highest BCUT2D eigenvalue weighted by atomic mass is 19.3. The number of likely N-dealkylation sites (tertiary alicyclic amines) is 2. The van der Waals surface area contributed by atoms with E-state index in [1.54, 1.807) is 12.1 Å². The third-order valence-electron chi connectivity index (χ3n) is 4.84. The van der Waals surface area contributed by atoms with E-state index in [9.17, 15) is 13.9 Å². The summed E-state index contributed by atoms with van der Waals surface area (Å²) >= 11 is 0. The first-order chi connectivity index (χ1) is 11.0. The molecular weight excluding hydrogens is 306 g/mol. The van der Waals surface area contributed by atoms with Gasteiger partial charge in [0.15, 0.2) is 11.5 Å². The summed E-state index contributed by atoms with van der Waals surface area (Å²) in [5, 5.41) is 9.38. The van der Waals surface area contributed by atoms with E-state index in [1.165, 1.54) is 0 Å². The molecule has 126 valence electrons. The monoisotopic (exact) mass is 326 g/mol. The Labute approximate surface area is 133 Å². The molecule has 0 radical (unpaired) electrons. The number of nitrogens with zero attached hydrogens (tertiary/aromatic N) is 2. The van der Waals surface area contributed by atoms with Gasteiger partial charge in [0, 0.05) is 25.7 Å². The Hall–Kier alpha value is -1.44. The SMILES string of the molecule is OC1CN(C2CCN(Cc3ccc4c(c3)OC(F)(F)O4)CC2)C1. The fourth-order valence-corrected chi connectivity index (χ4v) is 3.58. The number of aliphatic hydroxyl groups excluding tert-OH is 1. The van der Waals surface area contributed by atoms with Crippen LogP contribution in [-0.2, 0) is 6.54 Å². The van der Waals surface area contributed by atoms with Crippen molar-refractivity contribution in [1.29, 1.82) is 0 Å². The third-order valence-corrected chi connectivity index (χ3v) is 4.84. The molecule has 23 heavy (non-hydrogen) atoms. The zero-order valence-corrected chi connectivity index (χ0v) is 12.8. The lowest BCUT2D eigenvalue weighted by atomic mass is 9.98. The van der Waals surface area contributed by atoms with Gasteiger partial charge in [-0.2, -0.15) is 0 Å². The molecule has 3 heterocycles. The molecule has 2 fully saturated rings. The molecule has 0 saturated carbocycles. The van der Waals surface area contributed by atoms with Gasteiger partial charge in [0.25, 0.3) is 0 Å². The van der Waals surface area contributed by atoms with E-state index >= 15 is 0 Å². The maximum absolute atomic E-state index is 13.0. The molecule has 7 heteroatoms. The van der Waals surface area contributed by atoms with Gasteiger partial charge >= 0.3 is 6.29 Å².